The second kappa shape index (κ2) is 6.73. The molecular formula is C13H15F4N3O. The normalized spacial score (nSPS) is 20.0. The predicted molar refractivity (Wildman–Crippen MR) is 67.7 cm³/mol. The molecule has 0 radical (unpaired) electrons. The van der Waals surface area contributed by atoms with Crippen LogP contribution in [0, 0.1) is 5.92 Å². The first kappa shape index (κ1) is 15.5. The number of allylic oxidation sites excluding steroid dienone is 3. The molecule has 0 aliphatic heterocycles. The van der Waals surface area contributed by atoms with E-state index in [1.807, 2.05) is 6.08 Å². The van der Waals surface area contributed by atoms with Crippen molar-refractivity contribution in [1.29, 1.82) is 0 Å². The molecule has 1 aromatic rings. The Hall–Kier alpha value is -1.86. The van der Waals surface area contributed by atoms with Crippen molar-refractivity contribution in [2.24, 2.45) is 5.92 Å². The van der Waals surface area contributed by atoms with Gasteiger partial charge in [-0.1, -0.05) is 6.08 Å². The number of rotatable bonds is 6. The van der Waals surface area contributed by atoms with Gasteiger partial charge in [-0.05, 0) is 30.9 Å². The molecule has 1 N–H and O–H groups in total. The number of aromatic amines is 1. The molecule has 8 heteroatoms. The molecule has 1 unspecified atom stereocenters. The molecule has 1 atom stereocenters. The predicted octanol–water partition coefficient (Wildman–Crippen LogP) is 3.42. The van der Waals surface area contributed by atoms with E-state index < -0.39 is 19.0 Å². The van der Waals surface area contributed by atoms with E-state index >= 15 is 0 Å². The maximum absolute atomic E-state index is 12.7. The standard InChI is InChI=1S/C13H15F4N3O/c14-12(15)13(16,17)7-21-10-4-1-9(2-5-10)3-6-11-18-8-19-20-11/h3-4,6,8-9,12H,1-2,5,7H2,(H,18,19,20)/b6-3+. The summed E-state index contributed by atoms with van der Waals surface area (Å²) in [6.07, 6.45) is 4.86. The first-order valence-corrected chi connectivity index (χ1v) is 6.49. The Balaban J connectivity index is 1.79. The van der Waals surface area contributed by atoms with E-state index in [9.17, 15) is 17.6 Å². The number of halogens is 4. The first-order valence-electron chi connectivity index (χ1n) is 6.49. The van der Waals surface area contributed by atoms with Gasteiger partial charge in [0, 0.05) is 6.42 Å². The zero-order valence-corrected chi connectivity index (χ0v) is 11.1. The summed E-state index contributed by atoms with van der Waals surface area (Å²) in [5.74, 6) is -2.89. The Morgan fingerprint density at radius 1 is 1.48 bits per heavy atom. The summed E-state index contributed by atoms with van der Waals surface area (Å²) in [5, 5.41) is 6.40. The minimum absolute atomic E-state index is 0.234. The Labute approximate surface area is 118 Å². The molecule has 116 valence electrons. The van der Waals surface area contributed by atoms with Gasteiger partial charge in [0.15, 0.2) is 6.61 Å². The molecule has 0 amide bonds. The molecule has 0 saturated carbocycles. The summed E-state index contributed by atoms with van der Waals surface area (Å²) in [6, 6.07) is 0. The fourth-order valence-electron chi connectivity index (χ4n) is 1.91. The van der Waals surface area contributed by atoms with Crippen LogP contribution in [0.25, 0.3) is 6.08 Å². The number of ether oxygens (including phenoxy) is 1. The van der Waals surface area contributed by atoms with Crippen molar-refractivity contribution < 1.29 is 22.3 Å². The minimum Gasteiger partial charge on any atom is -0.492 e. The minimum atomic E-state index is -4.11. The van der Waals surface area contributed by atoms with E-state index in [0.29, 0.717) is 30.8 Å². The topological polar surface area (TPSA) is 50.8 Å². The number of nitrogens with one attached hydrogen (secondary N) is 1. The molecule has 0 fully saturated rings. The molecule has 0 saturated heterocycles. The van der Waals surface area contributed by atoms with Crippen LogP contribution in [-0.2, 0) is 4.74 Å². The third-order valence-electron chi connectivity index (χ3n) is 3.14. The summed E-state index contributed by atoms with van der Waals surface area (Å²) < 4.78 is 54.2. The van der Waals surface area contributed by atoms with Crippen molar-refractivity contribution in [2.45, 2.75) is 31.6 Å². The van der Waals surface area contributed by atoms with Crippen molar-refractivity contribution in [2.75, 3.05) is 6.61 Å². The van der Waals surface area contributed by atoms with Gasteiger partial charge >= 0.3 is 12.3 Å². The van der Waals surface area contributed by atoms with Crippen LogP contribution in [0.2, 0.25) is 0 Å². The summed E-state index contributed by atoms with van der Waals surface area (Å²) in [5.41, 5.74) is 0. The van der Waals surface area contributed by atoms with Gasteiger partial charge in [0.05, 0.1) is 5.76 Å². The highest BCUT2D eigenvalue weighted by atomic mass is 19.3. The fourth-order valence-corrected chi connectivity index (χ4v) is 1.91. The molecule has 21 heavy (non-hydrogen) atoms. The van der Waals surface area contributed by atoms with Crippen LogP contribution in [0.5, 0.6) is 0 Å². The lowest BCUT2D eigenvalue weighted by Gasteiger charge is -2.22. The quantitative estimate of drug-likeness (QED) is 0.819. The summed E-state index contributed by atoms with van der Waals surface area (Å²) in [7, 11) is 0. The molecule has 1 aromatic heterocycles. The van der Waals surface area contributed by atoms with Gasteiger partial charge in [-0.3, -0.25) is 5.10 Å². The Morgan fingerprint density at radius 3 is 2.86 bits per heavy atom. The highest BCUT2D eigenvalue weighted by Crippen LogP contribution is 2.29. The maximum atomic E-state index is 12.7. The fraction of sp³-hybridized carbons (Fsp3) is 0.538. The maximum Gasteiger partial charge on any atom is 0.340 e. The van der Waals surface area contributed by atoms with Crippen LogP contribution >= 0.6 is 0 Å². The average Bonchev–Trinajstić information content (AvgIpc) is 2.97. The number of hydrogen-bond donors (Lipinski definition) is 1. The number of alkyl halides is 4. The highest BCUT2D eigenvalue weighted by Gasteiger charge is 2.41. The zero-order chi connectivity index (χ0) is 15.3. The van der Waals surface area contributed by atoms with E-state index in [2.05, 4.69) is 15.2 Å². The van der Waals surface area contributed by atoms with Gasteiger partial charge < -0.3 is 4.74 Å². The second-order valence-corrected chi connectivity index (χ2v) is 4.79. The molecule has 4 nitrogen and oxygen atoms in total. The zero-order valence-electron chi connectivity index (χ0n) is 11.1. The largest absolute Gasteiger partial charge is 0.492 e. The molecule has 0 bridgehead atoms. The lowest BCUT2D eigenvalue weighted by molar-refractivity contribution is -0.158. The number of nitrogens with zero attached hydrogens (tertiary/aromatic N) is 2. The van der Waals surface area contributed by atoms with Crippen LogP contribution < -0.4 is 0 Å². The summed E-state index contributed by atoms with van der Waals surface area (Å²) >= 11 is 0. The van der Waals surface area contributed by atoms with Gasteiger partial charge in [0.1, 0.15) is 12.2 Å². The van der Waals surface area contributed by atoms with Gasteiger partial charge in [0.2, 0.25) is 0 Å². The van der Waals surface area contributed by atoms with Crippen molar-refractivity contribution in [3.63, 3.8) is 0 Å². The number of H-pyrrole nitrogens is 1. The van der Waals surface area contributed by atoms with Crippen molar-refractivity contribution in [1.82, 2.24) is 15.2 Å². The van der Waals surface area contributed by atoms with Crippen molar-refractivity contribution in [3.05, 3.63) is 30.1 Å². The average molecular weight is 305 g/mol. The van der Waals surface area contributed by atoms with Crippen LogP contribution in [0.1, 0.15) is 25.1 Å². The molecule has 0 spiro atoms. The Bertz CT molecular complexity index is 500. The highest BCUT2D eigenvalue weighted by molar-refractivity contribution is 5.39. The van der Waals surface area contributed by atoms with Crippen molar-refractivity contribution >= 4 is 6.08 Å². The number of hydrogen-bond acceptors (Lipinski definition) is 3. The molecule has 0 aromatic carbocycles. The molecule has 1 aliphatic carbocycles. The first-order chi connectivity index (χ1) is 9.97. The molecule has 2 rings (SSSR count). The van der Waals surface area contributed by atoms with Crippen LogP contribution in [0.3, 0.4) is 0 Å². The van der Waals surface area contributed by atoms with Gasteiger partial charge in [-0.2, -0.15) is 13.9 Å². The Morgan fingerprint density at radius 2 is 2.29 bits per heavy atom. The van der Waals surface area contributed by atoms with E-state index in [-0.39, 0.29) is 5.92 Å². The number of aromatic nitrogens is 3. The van der Waals surface area contributed by atoms with E-state index in [1.165, 1.54) is 6.33 Å². The van der Waals surface area contributed by atoms with Gasteiger partial charge in [-0.25, -0.2) is 13.8 Å². The smallest absolute Gasteiger partial charge is 0.340 e. The third kappa shape index (κ3) is 4.57. The van der Waals surface area contributed by atoms with Crippen LogP contribution in [0.4, 0.5) is 17.6 Å². The SMILES string of the molecule is FC(F)C(F)(F)COC1=CCC(/C=C/c2ncn[nH]2)CC1. The van der Waals surface area contributed by atoms with Crippen LogP contribution in [-0.4, -0.2) is 34.1 Å². The lowest BCUT2D eigenvalue weighted by Crippen LogP contribution is -2.32. The molecule has 1 aliphatic rings. The summed E-state index contributed by atoms with van der Waals surface area (Å²) in [4.78, 5) is 3.94. The van der Waals surface area contributed by atoms with E-state index in [1.54, 1.807) is 12.2 Å². The van der Waals surface area contributed by atoms with Gasteiger partial charge in [-0.15, -0.1) is 0 Å². The van der Waals surface area contributed by atoms with Crippen molar-refractivity contribution in [3.8, 4) is 0 Å². The van der Waals surface area contributed by atoms with Gasteiger partial charge in [0.25, 0.3) is 0 Å². The van der Waals surface area contributed by atoms with Crippen LogP contribution in [0.15, 0.2) is 24.2 Å². The third-order valence-corrected chi connectivity index (χ3v) is 3.14. The molecular weight excluding hydrogens is 290 g/mol. The second-order valence-electron chi connectivity index (χ2n) is 4.79. The summed E-state index contributed by atoms with van der Waals surface area (Å²) in [6.45, 7) is -1.28. The monoisotopic (exact) mass is 305 g/mol. The Kier molecular flexibility index (Phi) is 4.98. The molecule has 1 heterocycles. The lowest BCUT2D eigenvalue weighted by atomic mass is 9.93. The van der Waals surface area contributed by atoms with E-state index in [0.717, 1.165) is 0 Å². The van der Waals surface area contributed by atoms with E-state index in [4.69, 9.17) is 4.74 Å².